The lowest BCUT2D eigenvalue weighted by Gasteiger charge is -2.12. The third-order valence-corrected chi connectivity index (χ3v) is 3.06. The minimum Gasteiger partial charge on any atom is -0.350 e. The molecule has 0 unspecified atom stereocenters. The summed E-state index contributed by atoms with van der Waals surface area (Å²) >= 11 is 11.5. The highest BCUT2D eigenvalue weighted by Gasteiger charge is 2.35. The van der Waals surface area contributed by atoms with Crippen molar-refractivity contribution in [3.8, 4) is 0 Å². The van der Waals surface area contributed by atoms with Gasteiger partial charge in [0.25, 0.3) is 0 Å². The largest absolute Gasteiger partial charge is 0.431 e. The first-order chi connectivity index (χ1) is 8.21. The molecule has 0 aliphatic heterocycles. The van der Waals surface area contributed by atoms with Gasteiger partial charge >= 0.3 is 6.18 Å². The van der Waals surface area contributed by atoms with Gasteiger partial charge in [-0.05, 0) is 19.1 Å². The van der Waals surface area contributed by atoms with Crippen LogP contribution in [0.4, 0.5) is 13.2 Å². The Morgan fingerprint density at radius 3 is 2.39 bits per heavy atom. The van der Waals surface area contributed by atoms with E-state index >= 15 is 0 Å². The average Bonchev–Trinajstić information content (AvgIpc) is 2.20. The lowest BCUT2D eigenvalue weighted by atomic mass is 10.1. The number of hydrogen-bond donors (Lipinski definition) is 1. The van der Waals surface area contributed by atoms with Gasteiger partial charge in [0.15, 0.2) is 5.43 Å². The van der Waals surface area contributed by atoms with Crippen LogP contribution in [-0.2, 0) is 6.18 Å². The van der Waals surface area contributed by atoms with E-state index in [1.54, 1.807) is 0 Å². The molecule has 0 radical (unpaired) electrons. The van der Waals surface area contributed by atoms with E-state index in [-0.39, 0.29) is 20.9 Å². The van der Waals surface area contributed by atoms with Gasteiger partial charge in [0.1, 0.15) is 5.69 Å². The van der Waals surface area contributed by atoms with Gasteiger partial charge in [-0.25, -0.2) is 0 Å². The fraction of sp³-hybridized carbons (Fsp3) is 0.182. The summed E-state index contributed by atoms with van der Waals surface area (Å²) in [6.45, 7) is 1.10. The Hall–Kier alpha value is -1.20. The molecule has 1 aromatic heterocycles. The SMILES string of the molecule is Cc1c(C(F)(F)F)[nH]c2cc(Cl)cc(Cl)c2c1=O. The van der Waals surface area contributed by atoms with Crippen LogP contribution < -0.4 is 5.43 Å². The maximum absolute atomic E-state index is 12.7. The van der Waals surface area contributed by atoms with Gasteiger partial charge in [-0.15, -0.1) is 0 Å². The number of halogens is 5. The number of rotatable bonds is 0. The molecule has 7 heteroatoms. The van der Waals surface area contributed by atoms with E-state index in [0.29, 0.717) is 0 Å². The van der Waals surface area contributed by atoms with E-state index < -0.39 is 22.9 Å². The minimum atomic E-state index is -4.63. The molecule has 1 aromatic carbocycles. The molecule has 0 aliphatic carbocycles. The third kappa shape index (κ3) is 2.08. The molecule has 0 spiro atoms. The van der Waals surface area contributed by atoms with Gasteiger partial charge in [0, 0.05) is 10.6 Å². The molecule has 2 nitrogen and oxygen atoms in total. The third-order valence-electron chi connectivity index (χ3n) is 2.54. The van der Waals surface area contributed by atoms with E-state index in [4.69, 9.17) is 23.2 Å². The van der Waals surface area contributed by atoms with Crippen molar-refractivity contribution in [3.63, 3.8) is 0 Å². The first-order valence-electron chi connectivity index (χ1n) is 4.80. The maximum Gasteiger partial charge on any atom is 0.431 e. The summed E-state index contributed by atoms with van der Waals surface area (Å²) in [6.07, 6.45) is -4.63. The fourth-order valence-electron chi connectivity index (χ4n) is 1.72. The molecule has 2 rings (SSSR count). The molecule has 1 N–H and O–H groups in total. The summed E-state index contributed by atoms with van der Waals surface area (Å²) in [5.74, 6) is 0. The Labute approximate surface area is 109 Å². The van der Waals surface area contributed by atoms with Crippen LogP contribution in [0.25, 0.3) is 10.9 Å². The predicted molar refractivity (Wildman–Crippen MR) is 64.3 cm³/mol. The highest BCUT2D eigenvalue weighted by molar-refractivity contribution is 6.38. The summed E-state index contributed by atoms with van der Waals surface area (Å²) in [7, 11) is 0. The number of pyridine rings is 1. The smallest absolute Gasteiger partial charge is 0.350 e. The second-order valence-corrected chi connectivity index (χ2v) is 4.61. The monoisotopic (exact) mass is 295 g/mol. The van der Waals surface area contributed by atoms with Crippen molar-refractivity contribution in [2.75, 3.05) is 0 Å². The molecule has 1 heterocycles. The van der Waals surface area contributed by atoms with Crippen LogP contribution in [0.15, 0.2) is 16.9 Å². The van der Waals surface area contributed by atoms with Crippen LogP contribution in [-0.4, -0.2) is 4.98 Å². The first-order valence-corrected chi connectivity index (χ1v) is 5.56. The number of aromatic amines is 1. The van der Waals surface area contributed by atoms with Gasteiger partial charge < -0.3 is 4.98 Å². The van der Waals surface area contributed by atoms with Crippen molar-refractivity contribution in [1.29, 1.82) is 0 Å². The number of aromatic nitrogens is 1. The molecule has 0 fully saturated rings. The Morgan fingerprint density at radius 1 is 1.22 bits per heavy atom. The topological polar surface area (TPSA) is 32.9 Å². The molecule has 0 aliphatic rings. The highest BCUT2D eigenvalue weighted by Crippen LogP contribution is 2.32. The summed E-state index contributed by atoms with van der Waals surface area (Å²) in [4.78, 5) is 14.0. The van der Waals surface area contributed by atoms with Crippen LogP contribution >= 0.6 is 23.2 Å². The molecule has 0 bridgehead atoms. The molecule has 0 amide bonds. The molecule has 0 atom stereocenters. The molecular weight excluding hydrogens is 290 g/mol. The predicted octanol–water partition coefficient (Wildman–Crippen LogP) is 4.16. The number of fused-ring (bicyclic) bond motifs is 1. The van der Waals surface area contributed by atoms with E-state index in [1.165, 1.54) is 12.1 Å². The summed E-state index contributed by atoms with van der Waals surface area (Å²) < 4.78 is 38.2. The van der Waals surface area contributed by atoms with Gasteiger partial charge in [0.05, 0.1) is 15.9 Å². The normalized spacial score (nSPS) is 12.1. The van der Waals surface area contributed by atoms with Gasteiger partial charge in [-0.3, -0.25) is 4.79 Å². The van der Waals surface area contributed by atoms with Gasteiger partial charge in [-0.2, -0.15) is 13.2 Å². The van der Waals surface area contributed by atoms with Gasteiger partial charge in [-0.1, -0.05) is 23.2 Å². The Balaban J connectivity index is 2.98. The summed E-state index contributed by atoms with van der Waals surface area (Å²) in [5.41, 5.74) is -2.29. The van der Waals surface area contributed by atoms with Crippen LogP contribution in [0.3, 0.4) is 0 Å². The first kappa shape index (κ1) is 13.2. The molecule has 18 heavy (non-hydrogen) atoms. The summed E-state index contributed by atoms with van der Waals surface area (Å²) in [5, 5.41) is 0.183. The molecule has 96 valence electrons. The maximum atomic E-state index is 12.7. The van der Waals surface area contributed by atoms with Crippen LogP contribution in [0.1, 0.15) is 11.3 Å². The Kier molecular flexibility index (Phi) is 3.07. The van der Waals surface area contributed by atoms with E-state index in [2.05, 4.69) is 4.98 Å². The second-order valence-electron chi connectivity index (χ2n) is 3.76. The second kappa shape index (κ2) is 4.17. The quantitative estimate of drug-likeness (QED) is 0.778. The number of hydrogen-bond acceptors (Lipinski definition) is 1. The number of alkyl halides is 3. The van der Waals surface area contributed by atoms with Crippen molar-refractivity contribution < 1.29 is 13.2 Å². The van der Waals surface area contributed by atoms with Crippen molar-refractivity contribution in [3.05, 3.63) is 43.7 Å². The van der Waals surface area contributed by atoms with Crippen molar-refractivity contribution in [1.82, 2.24) is 4.98 Å². The van der Waals surface area contributed by atoms with E-state index in [9.17, 15) is 18.0 Å². The number of benzene rings is 1. The number of H-pyrrole nitrogens is 1. The lowest BCUT2D eigenvalue weighted by molar-refractivity contribution is -0.141. The molecule has 0 saturated carbocycles. The van der Waals surface area contributed by atoms with Crippen molar-refractivity contribution >= 4 is 34.1 Å². The number of nitrogens with one attached hydrogen (secondary N) is 1. The van der Waals surface area contributed by atoms with Crippen LogP contribution in [0, 0.1) is 6.92 Å². The molecule has 0 saturated heterocycles. The van der Waals surface area contributed by atoms with Crippen molar-refractivity contribution in [2.24, 2.45) is 0 Å². The standard InChI is InChI=1S/C11H6Cl2F3NO/c1-4-9(18)8-6(13)2-5(12)3-7(8)17-10(4)11(14,15)16/h2-3H,1H3,(H,17,18). The van der Waals surface area contributed by atoms with Crippen molar-refractivity contribution in [2.45, 2.75) is 13.1 Å². The molecular formula is C11H6Cl2F3NO. The minimum absolute atomic E-state index is 0.00608. The average molecular weight is 296 g/mol. The zero-order valence-electron chi connectivity index (χ0n) is 8.95. The zero-order chi connectivity index (χ0) is 13.7. The highest BCUT2D eigenvalue weighted by atomic mass is 35.5. The zero-order valence-corrected chi connectivity index (χ0v) is 10.5. The Bertz CT molecular complexity index is 691. The Morgan fingerprint density at radius 2 is 1.83 bits per heavy atom. The molecule has 2 aromatic rings. The van der Waals surface area contributed by atoms with E-state index in [1.807, 2.05) is 0 Å². The lowest BCUT2D eigenvalue weighted by Crippen LogP contribution is -2.19. The van der Waals surface area contributed by atoms with Gasteiger partial charge in [0.2, 0.25) is 0 Å². The fourth-order valence-corrected chi connectivity index (χ4v) is 2.30. The van der Waals surface area contributed by atoms with Crippen LogP contribution in [0.5, 0.6) is 0 Å². The summed E-state index contributed by atoms with van der Waals surface area (Å²) in [6, 6.07) is 2.55. The van der Waals surface area contributed by atoms with Crippen LogP contribution in [0.2, 0.25) is 10.0 Å². The van der Waals surface area contributed by atoms with E-state index in [0.717, 1.165) is 6.92 Å².